The Kier molecular flexibility index (Phi) is 8.15. The Labute approximate surface area is 304 Å². The first-order valence-electron chi connectivity index (χ1n) is 19.1. The van der Waals surface area contributed by atoms with E-state index in [4.69, 9.17) is 9.15 Å². The van der Waals surface area contributed by atoms with E-state index in [0.29, 0.717) is 74.8 Å². The number of nitrogens with one attached hydrogen (secondary N) is 1. The molecule has 2 N–H and O–H groups in total. The molecule has 0 atom stereocenters. The van der Waals surface area contributed by atoms with Crippen molar-refractivity contribution in [2.45, 2.75) is 107 Å². The van der Waals surface area contributed by atoms with E-state index in [0.717, 1.165) is 68.8 Å². The van der Waals surface area contributed by atoms with Crippen molar-refractivity contribution in [3.8, 4) is 5.75 Å². The Morgan fingerprint density at radius 1 is 1.00 bits per heavy atom. The lowest BCUT2D eigenvalue weighted by atomic mass is 9.48. The summed E-state index contributed by atoms with van der Waals surface area (Å²) in [4.78, 5) is 38.9. The highest BCUT2D eigenvalue weighted by Crippen LogP contribution is 2.59. The molecule has 3 aromatic rings. The smallest absolute Gasteiger partial charge is 0.434 e. The Morgan fingerprint density at radius 2 is 1.70 bits per heavy atom. The molecule has 0 radical (unpaired) electrons. The standard InChI is InChI=1S/C38H44F3N7O5/c1-21-45-46-35(52-21)47-11-7-26(8-12-47)53-27-5-6-30-29(18-27)36(9-3-2-4-10-36)20-48(30)34-42-19-28(31(43-34)38(39,40)41)32(49)44-37(33(50)51)24-14-22-13-23(16-24)17-25(37)15-22/h5-6,18-19,22-26H,2-4,7-17,20H2,1H3,(H,44,49)(H,50,51). The number of carboxylic acid groups (broad SMARTS) is 1. The van der Waals surface area contributed by atoms with Gasteiger partial charge < -0.3 is 29.4 Å². The predicted molar refractivity (Wildman–Crippen MR) is 185 cm³/mol. The minimum absolute atomic E-state index is 0.0244. The van der Waals surface area contributed by atoms with E-state index in [1.807, 2.05) is 18.2 Å². The number of benzene rings is 1. The monoisotopic (exact) mass is 735 g/mol. The summed E-state index contributed by atoms with van der Waals surface area (Å²) in [7, 11) is 0. The van der Waals surface area contributed by atoms with Crippen molar-refractivity contribution in [2.75, 3.05) is 29.4 Å². The molecule has 1 amide bonds. The average molecular weight is 736 g/mol. The summed E-state index contributed by atoms with van der Waals surface area (Å²) in [6.07, 6.45) is 5.96. The fourth-order valence-electron chi connectivity index (χ4n) is 11.0. The van der Waals surface area contributed by atoms with Crippen LogP contribution in [-0.4, -0.2) is 68.4 Å². The lowest BCUT2D eigenvalue weighted by Crippen LogP contribution is -2.70. The van der Waals surface area contributed by atoms with Crippen molar-refractivity contribution in [1.82, 2.24) is 25.5 Å². The van der Waals surface area contributed by atoms with Crippen molar-refractivity contribution in [2.24, 2.45) is 23.7 Å². The molecule has 15 heteroatoms. The number of aromatic nitrogens is 4. The number of alkyl halides is 3. The van der Waals surface area contributed by atoms with Crippen LogP contribution in [0.3, 0.4) is 0 Å². The van der Waals surface area contributed by atoms with Gasteiger partial charge in [0.05, 0.1) is 5.56 Å². The number of fused-ring (bicyclic) bond motifs is 2. The van der Waals surface area contributed by atoms with Crippen molar-refractivity contribution in [1.29, 1.82) is 0 Å². The summed E-state index contributed by atoms with van der Waals surface area (Å²) in [6.45, 7) is 3.59. The third-order valence-corrected chi connectivity index (χ3v) is 13.3. The Morgan fingerprint density at radius 3 is 2.32 bits per heavy atom. The summed E-state index contributed by atoms with van der Waals surface area (Å²) < 4.78 is 56.5. The van der Waals surface area contributed by atoms with Crippen LogP contribution in [0.5, 0.6) is 5.75 Å². The molecule has 10 rings (SSSR count). The van der Waals surface area contributed by atoms with Gasteiger partial charge in [0.1, 0.15) is 17.4 Å². The summed E-state index contributed by atoms with van der Waals surface area (Å²) >= 11 is 0. The number of amides is 1. The average Bonchev–Trinajstić information content (AvgIpc) is 3.70. The molecule has 1 spiro atoms. The number of anilines is 3. The SMILES string of the molecule is Cc1nnc(N2CCC(Oc3ccc4c(c3)C3(CCCCC3)CN4c3ncc(C(=O)NC4(C(=O)O)C5CC6CC(C5)CC4C6)c(C(F)(F)F)n3)CC2)o1. The van der Waals surface area contributed by atoms with E-state index in [2.05, 4.69) is 30.4 Å². The molecule has 282 valence electrons. The first kappa shape index (κ1) is 34.3. The van der Waals surface area contributed by atoms with Crippen molar-refractivity contribution in [3.05, 3.63) is 47.1 Å². The van der Waals surface area contributed by atoms with Gasteiger partial charge in [-0.3, -0.25) is 4.79 Å². The number of piperidine rings is 1. The number of carboxylic acids is 1. The molecular weight excluding hydrogens is 691 g/mol. The van der Waals surface area contributed by atoms with Gasteiger partial charge >= 0.3 is 18.2 Å². The molecule has 0 unspecified atom stereocenters. The molecular formula is C38H44F3N7O5. The van der Waals surface area contributed by atoms with Gasteiger partial charge in [0.25, 0.3) is 5.91 Å². The number of nitrogens with zero attached hydrogens (tertiary/aromatic N) is 6. The molecule has 1 saturated heterocycles. The lowest BCUT2D eigenvalue weighted by molar-refractivity contribution is -0.163. The predicted octanol–water partition coefficient (Wildman–Crippen LogP) is 6.60. The number of carbonyl (C=O) groups excluding carboxylic acids is 1. The summed E-state index contributed by atoms with van der Waals surface area (Å²) in [5, 5.41) is 21.2. The van der Waals surface area contributed by atoms with Gasteiger partial charge in [-0.15, -0.1) is 5.10 Å². The molecule has 12 nitrogen and oxygen atoms in total. The van der Waals surface area contributed by atoms with Gasteiger partial charge in [0.15, 0.2) is 5.69 Å². The first-order valence-corrected chi connectivity index (χ1v) is 19.1. The third kappa shape index (κ3) is 5.79. The molecule has 4 bridgehead atoms. The number of rotatable bonds is 7. The van der Waals surface area contributed by atoms with Crippen LogP contribution < -0.4 is 19.9 Å². The molecule has 5 saturated carbocycles. The van der Waals surface area contributed by atoms with Crippen molar-refractivity contribution >= 4 is 29.5 Å². The fraction of sp³-hybridized carbons (Fsp3) is 0.632. The molecule has 5 aliphatic carbocycles. The zero-order chi connectivity index (χ0) is 36.7. The van der Waals surface area contributed by atoms with Gasteiger partial charge in [-0.1, -0.05) is 24.4 Å². The molecule has 2 aromatic heterocycles. The number of hydrogen-bond donors (Lipinski definition) is 2. The van der Waals surface area contributed by atoms with Crippen LogP contribution in [0.25, 0.3) is 0 Å². The number of ether oxygens (including phenoxy) is 1. The van der Waals surface area contributed by atoms with E-state index in [1.165, 1.54) is 0 Å². The number of aryl methyl sites for hydroxylation is 1. The van der Waals surface area contributed by atoms with Crippen LogP contribution in [0.4, 0.5) is 30.8 Å². The number of carbonyl (C=O) groups is 2. The zero-order valence-electron chi connectivity index (χ0n) is 29.7. The van der Waals surface area contributed by atoms with Gasteiger partial charge in [-0.05, 0) is 92.4 Å². The maximum atomic E-state index is 14.8. The van der Waals surface area contributed by atoms with E-state index in [-0.39, 0.29) is 29.3 Å². The highest BCUT2D eigenvalue weighted by atomic mass is 19.4. The Bertz CT molecular complexity index is 1890. The molecule has 6 fully saturated rings. The second kappa shape index (κ2) is 12.6. The zero-order valence-corrected chi connectivity index (χ0v) is 29.7. The number of aliphatic carboxylic acids is 1. The van der Waals surface area contributed by atoms with E-state index < -0.39 is 34.8 Å². The topological polar surface area (TPSA) is 147 Å². The van der Waals surface area contributed by atoms with E-state index in [1.54, 1.807) is 11.8 Å². The fourth-order valence-corrected chi connectivity index (χ4v) is 11.0. The molecule has 2 aliphatic heterocycles. The summed E-state index contributed by atoms with van der Waals surface area (Å²) in [5.74, 6) is -1.00. The maximum Gasteiger partial charge on any atom is 0.434 e. The van der Waals surface area contributed by atoms with Gasteiger partial charge in [0, 0.05) is 56.7 Å². The summed E-state index contributed by atoms with van der Waals surface area (Å²) in [5.41, 5.74) is -2.29. The highest BCUT2D eigenvalue weighted by Gasteiger charge is 2.62. The largest absolute Gasteiger partial charge is 0.490 e. The number of halogens is 3. The van der Waals surface area contributed by atoms with Crippen LogP contribution >= 0.6 is 0 Å². The van der Waals surface area contributed by atoms with Crippen LogP contribution in [0, 0.1) is 30.6 Å². The maximum absolute atomic E-state index is 14.8. The Balaban J connectivity index is 0.988. The Hall–Kier alpha value is -4.43. The summed E-state index contributed by atoms with van der Waals surface area (Å²) in [6, 6.07) is 6.28. The van der Waals surface area contributed by atoms with E-state index in [9.17, 15) is 27.9 Å². The van der Waals surface area contributed by atoms with Crippen LogP contribution in [0.2, 0.25) is 0 Å². The second-order valence-corrected chi connectivity index (χ2v) is 16.4. The minimum atomic E-state index is -4.98. The minimum Gasteiger partial charge on any atom is -0.490 e. The second-order valence-electron chi connectivity index (χ2n) is 16.4. The quantitative estimate of drug-likeness (QED) is 0.271. The van der Waals surface area contributed by atoms with Crippen LogP contribution in [-0.2, 0) is 16.4 Å². The molecule has 4 heterocycles. The van der Waals surface area contributed by atoms with Crippen LogP contribution in [0.15, 0.2) is 28.8 Å². The van der Waals surface area contributed by atoms with Gasteiger partial charge in [-0.25, -0.2) is 14.8 Å². The van der Waals surface area contributed by atoms with Crippen molar-refractivity contribution in [3.63, 3.8) is 0 Å². The van der Waals surface area contributed by atoms with Gasteiger partial charge in [0.2, 0.25) is 11.8 Å². The third-order valence-electron chi connectivity index (χ3n) is 13.3. The van der Waals surface area contributed by atoms with E-state index >= 15 is 0 Å². The van der Waals surface area contributed by atoms with Crippen molar-refractivity contribution < 1.29 is 37.0 Å². The normalized spacial score (nSPS) is 29.1. The van der Waals surface area contributed by atoms with Crippen LogP contribution in [0.1, 0.15) is 105 Å². The molecule has 1 aromatic carbocycles. The molecule has 7 aliphatic rings. The number of hydrogen-bond acceptors (Lipinski definition) is 10. The molecule has 53 heavy (non-hydrogen) atoms. The highest BCUT2D eigenvalue weighted by molar-refractivity contribution is 5.99. The lowest BCUT2D eigenvalue weighted by Gasteiger charge is -2.59. The van der Waals surface area contributed by atoms with Gasteiger partial charge in [-0.2, -0.15) is 13.2 Å². The first-order chi connectivity index (χ1) is 25.4.